The fraction of sp³-hybridized carbons (Fsp3) is 0.684. The first-order chi connectivity index (χ1) is 14.5. The Kier molecular flexibility index (Phi) is 14.0. The molecular weight excluding hydrogens is 416 g/mol. The molecule has 0 aliphatic carbocycles. The van der Waals surface area contributed by atoms with Gasteiger partial charge in [0.15, 0.2) is 0 Å². The van der Waals surface area contributed by atoms with Gasteiger partial charge in [0.1, 0.15) is 12.1 Å². The number of amides is 2. The summed E-state index contributed by atoms with van der Waals surface area (Å²) in [6, 6.07) is -2.89. The fourth-order valence-corrected chi connectivity index (χ4v) is 2.74. The number of hydrogen-bond donors (Lipinski definition) is 6. The van der Waals surface area contributed by atoms with Gasteiger partial charge in [-0.15, -0.1) is 0 Å². The summed E-state index contributed by atoms with van der Waals surface area (Å²) in [6.45, 7) is 0. The molecule has 0 unspecified atom stereocenters. The quantitative estimate of drug-likeness (QED) is 0.161. The van der Waals surface area contributed by atoms with Crippen LogP contribution in [0.3, 0.4) is 0 Å². The molecule has 6 N–H and O–H groups in total. The molecule has 0 saturated heterocycles. The highest BCUT2D eigenvalue weighted by Gasteiger charge is 2.23. The van der Waals surface area contributed by atoms with Crippen LogP contribution in [0.15, 0.2) is 0 Å². The number of unbranched alkanes of at least 4 members (excludes halogenated alkanes) is 6. The summed E-state index contributed by atoms with van der Waals surface area (Å²) in [4.78, 5) is 66.3. The summed E-state index contributed by atoms with van der Waals surface area (Å²) in [5.41, 5.74) is 0. The van der Waals surface area contributed by atoms with Crippen molar-refractivity contribution in [1.82, 2.24) is 10.6 Å². The predicted octanol–water partition coefficient (Wildman–Crippen LogP) is 0.586. The van der Waals surface area contributed by atoms with Gasteiger partial charge in [-0.25, -0.2) is 9.59 Å². The minimum absolute atomic E-state index is 0.102. The highest BCUT2D eigenvalue weighted by atomic mass is 16.4. The van der Waals surface area contributed by atoms with Gasteiger partial charge >= 0.3 is 23.9 Å². The van der Waals surface area contributed by atoms with Crippen LogP contribution in [0.4, 0.5) is 0 Å². The minimum Gasteiger partial charge on any atom is -0.481 e. The van der Waals surface area contributed by atoms with E-state index in [2.05, 4.69) is 10.6 Å². The van der Waals surface area contributed by atoms with Crippen molar-refractivity contribution >= 4 is 35.7 Å². The van der Waals surface area contributed by atoms with Crippen LogP contribution in [0.5, 0.6) is 0 Å². The van der Waals surface area contributed by atoms with Gasteiger partial charge in [0.05, 0.1) is 12.8 Å². The molecular formula is C19H30N2O10. The number of carboxylic acids is 4. The van der Waals surface area contributed by atoms with E-state index in [0.29, 0.717) is 12.8 Å². The number of carbonyl (C=O) groups excluding carboxylic acids is 2. The Morgan fingerprint density at radius 3 is 1.06 bits per heavy atom. The van der Waals surface area contributed by atoms with E-state index >= 15 is 0 Å². The van der Waals surface area contributed by atoms with Crippen molar-refractivity contribution in [3.63, 3.8) is 0 Å². The molecule has 0 aromatic heterocycles. The molecule has 0 saturated carbocycles. The normalized spacial score (nSPS) is 12.4. The number of rotatable bonds is 18. The van der Waals surface area contributed by atoms with Crippen LogP contribution in [0.25, 0.3) is 0 Å². The van der Waals surface area contributed by atoms with Crippen molar-refractivity contribution < 1.29 is 49.2 Å². The van der Waals surface area contributed by atoms with E-state index in [0.717, 1.165) is 32.1 Å². The molecule has 0 heterocycles. The lowest BCUT2D eigenvalue weighted by molar-refractivity contribution is -0.147. The zero-order chi connectivity index (χ0) is 23.8. The van der Waals surface area contributed by atoms with Crippen LogP contribution in [-0.4, -0.2) is 68.2 Å². The first kappa shape index (κ1) is 27.8. The van der Waals surface area contributed by atoms with Crippen LogP contribution in [0.2, 0.25) is 0 Å². The zero-order valence-electron chi connectivity index (χ0n) is 17.2. The fourth-order valence-electron chi connectivity index (χ4n) is 2.74. The Labute approximate surface area is 179 Å². The molecule has 12 nitrogen and oxygen atoms in total. The highest BCUT2D eigenvalue weighted by molar-refractivity contribution is 5.87. The average Bonchev–Trinajstić information content (AvgIpc) is 2.64. The number of carbonyl (C=O) groups is 6. The maximum Gasteiger partial charge on any atom is 0.326 e. The lowest BCUT2D eigenvalue weighted by Crippen LogP contribution is -2.42. The molecule has 176 valence electrons. The molecule has 0 bridgehead atoms. The third kappa shape index (κ3) is 15.3. The topological polar surface area (TPSA) is 207 Å². The summed E-state index contributed by atoms with van der Waals surface area (Å²) in [5, 5.41) is 39.3. The predicted molar refractivity (Wildman–Crippen MR) is 105 cm³/mol. The van der Waals surface area contributed by atoms with Crippen molar-refractivity contribution in [2.24, 2.45) is 0 Å². The Morgan fingerprint density at radius 1 is 0.516 bits per heavy atom. The molecule has 0 aromatic rings. The lowest BCUT2D eigenvalue weighted by Gasteiger charge is -2.12. The van der Waals surface area contributed by atoms with Crippen molar-refractivity contribution in [2.75, 3.05) is 0 Å². The minimum atomic E-state index is -1.45. The molecule has 0 fully saturated rings. The summed E-state index contributed by atoms with van der Waals surface area (Å²) in [6.07, 6.45) is 3.90. The van der Waals surface area contributed by atoms with Crippen LogP contribution < -0.4 is 10.6 Å². The van der Waals surface area contributed by atoms with Crippen LogP contribution in [0, 0.1) is 0 Å². The molecule has 0 aliphatic heterocycles. The van der Waals surface area contributed by atoms with E-state index in [1.807, 2.05) is 0 Å². The highest BCUT2D eigenvalue weighted by Crippen LogP contribution is 2.10. The SMILES string of the molecule is O=C(O)C[C@H](NC(=O)CCCCCCCCCC(=O)N[C@@H](CC(=O)O)C(=O)O)C(=O)O. The number of carboxylic acid groups (broad SMARTS) is 4. The van der Waals surface area contributed by atoms with Crippen LogP contribution in [0.1, 0.15) is 70.6 Å². The van der Waals surface area contributed by atoms with E-state index in [1.165, 1.54) is 0 Å². The third-order valence-corrected chi connectivity index (χ3v) is 4.33. The van der Waals surface area contributed by atoms with Gasteiger partial charge in [-0.05, 0) is 12.8 Å². The standard InChI is InChI=1S/C19H30N2O10/c22-14(20-12(18(28)29)10-16(24)25)8-6-4-2-1-3-5-7-9-15(23)21-13(19(30)31)11-17(26)27/h12-13H,1-11H2,(H,20,22)(H,21,23)(H,24,25)(H,26,27)(H,28,29)(H,30,31)/t12-,13-/m0/s1. The largest absolute Gasteiger partial charge is 0.481 e. The van der Waals surface area contributed by atoms with E-state index < -0.39 is 60.6 Å². The Morgan fingerprint density at radius 2 is 0.806 bits per heavy atom. The number of aliphatic carboxylic acids is 4. The number of hydrogen-bond acceptors (Lipinski definition) is 6. The molecule has 0 radical (unpaired) electrons. The van der Waals surface area contributed by atoms with E-state index in [1.54, 1.807) is 0 Å². The summed E-state index contributed by atoms with van der Waals surface area (Å²) < 4.78 is 0. The lowest BCUT2D eigenvalue weighted by atomic mass is 10.1. The molecule has 0 aliphatic rings. The van der Waals surface area contributed by atoms with Gasteiger partial charge in [0.2, 0.25) is 11.8 Å². The average molecular weight is 446 g/mol. The maximum atomic E-state index is 11.7. The van der Waals surface area contributed by atoms with E-state index in [4.69, 9.17) is 20.4 Å². The van der Waals surface area contributed by atoms with E-state index in [9.17, 15) is 28.8 Å². The zero-order valence-corrected chi connectivity index (χ0v) is 17.2. The Hall–Kier alpha value is -3.18. The summed E-state index contributed by atoms with van der Waals surface area (Å²) in [5.74, 6) is -6.45. The molecule has 0 rings (SSSR count). The van der Waals surface area contributed by atoms with Crippen molar-refractivity contribution in [2.45, 2.75) is 82.7 Å². The van der Waals surface area contributed by atoms with Gasteiger partial charge in [-0.1, -0.05) is 32.1 Å². The van der Waals surface area contributed by atoms with Gasteiger partial charge in [0, 0.05) is 12.8 Å². The second kappa shape index (κ2) is 15.6. The van der Waals surface area contributed by atoms with Crippen molar-refractivity contribution in [1.29, 1.82) is 0 Å². The molecule has 0 aromatic carbocycles. The van der Waals surface area contributed by atoms with Gasteiger partial charge in [-0.2, -0.15) is 0 Å². The molecule has 31 heavy (non-hydrogen) atoms. The molecule has 2 atom stereocenters. The Bertz CT molecular complexity index is 596. The smallest absolute Gasteiger partial charge is 0.326 e. The second-order valence-corrected chi connectivity index (χ2v) is 7.09. The van der Waals surface area contributed by atoms with Gasteiger partial charge in [-0.3, -0.25) is 19.2 Å². The first-order valence-corrected chi connectivity index (χ1v) is 10.0. The first-order valence-electron chi connectivity index (χ1n) is 10.0. The molecule has 12 heteroatoms. The Balaban J connectivity index is 3.81. The summed E-state index contributed by atoms with van der Waals surface area (Å²) >= 11 is 0. The van der Waals surface area contributed by atoms with Crippen molar-refractivity contribution in [3.8, 4) is 0 Å². The molecule has 0 spiro atoms. The maximum absolute atomic E-state index is 11.7. The third-order valence-electron chi connectivity index (χ3n) is 4.33. The van der Waals surface area contributed by atoms with Crippen molar-refractivity contribution in [3.05, 3.63) is 0 Å². The van der Waals surface area contributed by atoms with E-state index in [-0.39, 0.29) is 12.8 Å². The van der Waals surface area contributed by atoms with Crippen LogP contribution >= 0.6 is 0 Å². The summed E-state index contributed by atoms with van der Waals surface area (Å²) in [7, 11) is 0. The monoisotopic (exact) mass is 446 g/mol. The van der Waals surface area contributed by atoms with Gasteiger partial charge in [0.25, 0.3) is 0 Å². The van der Waals surface area contributed by atoms with Gasteiger partial charge < -0.3 is 31.1 Å². The second-order valence-electron chi connectivity index (χ2n) is 7.09. The van der Waals surface area contributed by atoms with Crippen LogP contribution in [-0.2, 0) is 28.8 Å². The number of nitrogens with one attached hydrogen (secondary N) is 2. The molecule has 2 amide bonds.